The first-order valence-electron chi connectivity index (χ1n) is 9.62. The zero-order valence-corrected chi connectivity index (χ0v) is 15.6. The fourth-order valence-corrected chi connectivity index (χ4v) is 3.43. The lowest BCUT2D eigenvalue weighted by Gasteiger charge is -2.32. The molecule has 1 fully saturated rings. The molecule has 0 aromatic heterocycles. The van der Waals surface area contributed by atoms with Crippen LogP contribution in [-0.4, -0.2) is 29.9 Å². The van der Waals surface area contributed by atoms with Gasteiger partial charge < -0.3 is 15.5 Å². The monoisotopic (exact) mass is 365 g/mol. The van der Waals surface area contributed by atoms with Gasteiger partial charge in [-0.15, -0.1) is 0 Å². The summed E-state index contributed by atoms with van der Waals surface area (Å²) in [5, 5.41) is 5.92. The van der Waals surface area contributed by atoms with Crippen molar-refractivity contribution in [1.82, 2.24) is 10.2 Å². The lowest BCUT2D eigenvalue weighted by Crippen LogP contribution is -2.42. The highest BCUT2D eigenvalue weighted by Gasteiger charge is 2.24. The van der Waals surface area contributed by atoms with Crippen molar-refractivity contribution in [2.45, 2.75) is 32.2 Å². The third-order valence-electron chi connectivity index (χ3n) is 4.94. The molecule has 142 valence electrons. The van der Waals surface area contributed by atoms with E-state index in [9.17, 15) is 9.59 Å². The summed E-state index contributed by atoms with van der Waals surface area (Å²) in [4.78, 5) is 26.4. The molecule has 0 saturated carbocycles. The maximum absolute atomic E-state index is 12.4. The molecule has 27 heavy (non-hydrogen) atoms. The second-order valence-electron chi connectivity index (χ2n) is 7.05. The summed E-state index contributed by atoms with van der Waals surface area (Å²) in [6, 6.07) is 19.4. The minimum absolute atomic E-state index is 0.0561. The van der Waals surface area contributed by atoms with Gasteiger partial charge >= 0.3 is 6.03 Å². The van der Waals surface area contributed by atoms with Crippen LogP contribution in [0.2, 0.25) is 0 Å². The number of para-hydroxylation sites is 1. The number of piperidine rings is 1. The second-order valence-corrected chi connectivity index (χ2v) is 7.05. The normalized spacial score (nSPS) is 16.6. The number of amides is 3. The summed E-state index contributed by atoms with van der Waals surface area (Å²) in [6.45, 7) is 2.05. The summed E-state index contributed by atoms with van der Waals surface area (Å²) in [6.07, 6.45) is 3.38. The lowest BCUT2D eigenvalue weighted by molar-refractivity contribution is -0.121. The molecule has 3 rings (SSSR count). The summed E-state index contributed by atoms with van der Waals surface area (Å²) in [7, 11) is 0. The summed E-state index contributed by atoms with van der Waals surface area (Å²) >= 11 is 0. The Morgan fingerprint density at radius 1 is 1.00 bits per heavy atom. The average molecular weight is 365 g/mol. The lowest BCUT2D eigenvalue weighted by atomic mass is 9.93. The quantitative estimate of drug-likeness (QED) is 0.812. The van der Waals surface area contributed by atoms with Crippen LogP contribution in [0.3, 0.4) is 0 Å². The molecule has 1 aliphatic heterocycles. The van der Waals surface area contributed by atoms with Crippen LogP contribution in [0, 0.1) is 5.92 Å². The van der Waals surface area contributed by atoms with Crippen LogP contribution in [0.4, 0.5) is 10.5 Å². The molecule has 0 bridgehead atoms. The number of nitrogens with zero attached hydrogens (tertiary/aromatic N) is 1. The molecule has 0 aliphatic carbocycles. The molecule has 2 aromatic carbocycles. The van der Waals surface area contributed by atoms with Crippen LogP contribution in [0.1, 0.15) is 31.2 Å². The number of carbonyl (C=O) groups is 2. The highest BCUT2D eigenvalue weighted by atomic mass is 16.2. The highest BCUT2D eigenvalue weighted by molar-refractivity contribution is 5.89. The van der Waals surface area contributed by atoms with Crippen molar-refractivity contribution in [3.63, 3.8) is 0 Å². The molecule has 1 saturated heterocycles. The molecule has 1 heterocycles. The topological polar surface area (TPSA) is 61.4 Å². The van der Waals surface area contributed by atoms with E-state index in [-0.39, 0.29) is 11.9 Å². The van der Waals surface area contributed by atoms with Gasteiger partial charge in [0.05, 0.1) is 0 Å². The average Bonchev–Trinajstić information content (AvgIpc) is 2.72. The van der Waals surface area contributed by atoms with Crippen molar-refractivity contribution >= 4 is 17.6 Å². The molecule has 1 aliphatic rings. The van der Waals surface area contributed by atoms with E-state index in [1.807, 2.05) is 65.6 Å². The smallest absolute Gasteiger partial charge is 0.321 e. The third kappa shape index (κ3) is 6.13. The Kier molecular flexibility index (Phi) is 6.85. The van der Waals surface area contributed by atoms with Gasteiger partial charge in [-0.25, -0.2) is 4.79 Å². The fourth-order valence-electron chi connectivity index (χ4n) is 3.43. The highest BCUT2D eigenvalue weighted by Crippen LogP contribution is 2.22. The van der Waals surface area contributed by atoms with Crippen LogP contribution in [0.15, 0.2) is 60.7 Å². The summed E-state index contributed by atoms with van der Waals surface area (Å²) < 4.78 is 0. The number of urea groups is 1. The van der Waals surface area contributed by atoms with E-state index < -0.39 is 0 Å². The Bertz CT molecular complexity index is 734. The molecule has 5 heteroatoms. The second kappa shape index (κ2) is 9.76. The van der Waals surface area contributed by atoms with Gasteiger partial charge in [0.1, 0.15) is 0 Å². The third-order valence-corrected chi connectivity index (χ3v) is 4.94. The van der Waals surface area contributed by atoms with Crippen LogP contribution in [0.5, 0.6) is 0 Å². The minimum Gasteiger partial charge on any atom is -0.352 e. The number of likely N-dealkylation sites (tertiary alicyclic amines) is 1. The Hall–Kier alpha value is -2.82. The minimum atomic E-state index is -0.0561. The number of rotatable bonds is 6. The van der Waals surface area contributed by atoms with Crippen molar-refractivity contribution in [1.29, 1.82) is 0 Å². The first kappa shape index (κ1) is 19.0. The van der Waals surface area contributed by atoms with Crippen LogP contribution < -0.4 is 10.6 Å². The molecule has 2 N–H and O–H groups in total. The van der Waals surface area contributed by atoms with E-state index in [4.69, 9.17) is 0 Å². The predicted molar refractivity (Wildman–Crippen MR) is 107 cm³/mol. The molecule has 1 atom stereocenters. The Morgan fingerprint density at radius 3 is 2.44 bits per heavy atom. The van der Waals surface area contributed by atoms with E-state index >= 15 is 0 Å². The van der Waals surface area contributed by atoms with Gasteiger partial charge in [-0.3, -0.25) is 4.79 Å². The number of nitrogens with one attached hydrogen (secondary N) is 2. The standard InChI is InChI=1S/C22H27N3O2/c26-21(23-16-18-8-3-1-4-9-18)14-13-19-10-7-15-25(17-19)22(27)24-20-11-5-2-6-12-20/h1-6,8-9,11-12,19H,7,10,13-17H2,(H,23,26)(H,24,27). The number of benzene rings is 2. The van der Waals surface area contributed by atoms with E-state index in [0.29, 0.717) is 25.4 Å². The van der Waals surface area contributed by atoms with Gasteiger partial charge in [-0.1, -0.05) is 48.5 Å². The fraction of sp³-hybridized carbons (Fsp3) is 0.364. The molecule has 0 spiro atoms. The molecule has 1 unspecified atom stereocenters. The number of anilines is 1. The Morgan fingerprint density at radius 2 is 1.70 bits per heavy atom. The molecular weight excluding hydrogens is 338 g/mol. The van der Waals surface area contributed by atoms with Gasteiger partial charge in [0.25, 0.3) is 0 Å². The largest absolute Gasteiger partial charge is 0.352 e. The molecule has 2 aromatic rings. The Balaban J connectivity index is 1.40. The number of carbonyl (C=O) groups excluding carboxylic acids is 2. The van der Waals surface area contributed by atoms with Gasteiger partial charge in [-0.05, 0) is 42.9 Å². The molecular formula is C22H27N3O2. The van der Waals surface area contributed by atoms with Gasteiger partial charge in [-0.2, -0.15) is 0 Å². The van der Waals surface area contributed by atoms with Gasteiger partial charge in [0, 0.05) is 31.7 Å². The molecule has 3 amide bonds. The van der Waals surface area contributed by atoms with Crippen LogP contribution in [0.25, 0.3) is 0 Å². The molecule has 0 radical (unpaired) electrons. The first-order valence-corrected chi connectivity index (χ1v) is 9.62. The van der Waals surface area contributed by atoms with Crippen molar-refractivity contribution < 1.29 is 9.59 Å². The first-order chi connectivity index (χ1) is 13.2. The van der Waals surface area contributed by atoms with Gasteiger partial charge in [0.2, 0.25) is 5.91 Å². The van der Waals surface area contributed by atoms with E-state index in [0.717, 1.165) is 37.1 Å². The van der Waals surface area contributed by atoms with Crippen molar-refractivity contribution in [2.24, 2.45) is 5.92 Å². The maximum Gasteiger partial charge on any atom is 0.321 e. The zero-order valence-electron chi connectivity index (χ0n) is 15.6. The van der Waals surface area contributed by atoms with Crippen molar-refractivity contribution in [3.05, 3.63) is 66.2 Å². The number of hydrogen-bond acceptors (Lipinski definition) is 2. The van der Waals surface area contributed by atoms with E-state index in [2.05, 4.69) is 10.6 Å². The number of hydrogen-bond donors (Lipinski definition) is 2. The zero-order chi connectivity index (χ0) is 18.9. The van der Waals surface area contributed by atoms with E-state index in [1.165, 1.54) is 0 Å². The predicted octanol–water partition coefficient (Wildman–Crippen LogP) is 4.03. The van der Waals surface area contributed by atoms with Crippen molar-refractivity contribution in [3.8, 4) is 0 Å². The Labute approximate surface area is 160 Å². The molecule has 5 nitrogen and oxygen atoms in total. The van der Waals surface area contributed by atoms with Crippen LogP contribution >= 0.6 is 0 Å². The van der Waals surface area contributed by atoms with E-state index in [1.54, 1.807) is 0 Å². The van der Waals surface area contributed by atoms with Gasteiger partial charge in [0.15, 0.2) is 0 Å². The SMILES string of the molecule is O=C(CCC1CCCN(C(=O)Nc2ccccc2)C1)NCc1ccccc1. The van der Waals surface area contributed by atoms with Crippen LogP contribution in [-0.2, 0) is 11.3 Å². The summed E-state index contributed by atoms with van der Waals surface area (Å²) in [5.74, 6) is 0.451. The maximum atomic E-state index is 12.4. The van der Waals surface area contributed by atoms with Crippen molar-refractivity contribution in [2.75, 3.05) is 18.4 Å². The summed E-state index contributed by atoms with van der Waals surface area (Å²) in [5.41, 5.74) is 1.91.